The van der Waals surface area contributed by atoms with Gasteiger partial charge in [0.1, 0.15) is 6.61 Å². The third-order valence-electron chi connectivity index (χ3n) is 5.39. The molecular formula is C23H33N3O2. The van der Waals surface area contributed by atoms with E-state index in [-0.39, 0.29) is 0 Å². The molecule has 152 valence electrons. The number of ether oxygens (including phenoxy) is 2. The Labute approximate surface area is 169 Å². The molecule has 0 saturated carbocycles. The van der Waals surface area contributed by atoms with Crippen LogP contribution in [0.3, 0.4) is 0 Å². The molecule has 1 aromatic carbocycles. The number of rotatable bonds is 9. The lowest BCUT2D eigenvalue weighted by Crippen LogP contribution is -2.42. The summed E-state index contributed by atoms with van der Waals surface area (Å²) in [4.78, 5) is 6.72. The van der Waals surface area contributed by atoms with Gasteiger partial charge < -0.3 is 19.7 Å². The van der Waals surface area contributed by atoms with E-state index in [1.54, 1.807) is 13.3 Å². The van der Waals surface area contributed by atoms with Crippen LogP contribution in [0, 0.1) is 5.92 Å². The van der Waals surface area contributed by atoms with Gasteiger partial charge in [0, 0.05) is 37.1 Å². The molecule has 0 aliphatic carbocycles. The van der Waals surface area contributed by atoms with E-state index >= 15 is 0 Å². The van der Waals surface area contributed by atoms with Gasteiger partial charge in [-0.05, 0) is 69.5 Å². The predicted molar refractivity (Wildman–Crippen MR) is 113 cm³/mol. The average molecular weight is 384 g/mol. The summed E-state index contributed by atoms with van der Waals surface area (Å²) in [6.07, 6.45) is 6.21. The first-order valence-corrected chi connectivity index (χ1v) is 10.3. The van der Waals surface area contributed by atoms with Crippen LogP contribution in [0.1, 0.15) is 37.8 Å². The third kappa shape index (κ3) is 5.94. The van der Waals surface area contributed by atoms with E-state index in [2.05, 4.69) is 41.2 Å². The molecule has 1 fully saturated rings. The second-order valence-electron chi connectivity index (χ2n) is 7.86. The molecular weight excluding hydrogens is 350 g/mol. The highest BCUT2D eigenvalue weighted by atomic mass is 16.5. The summed E-state index contributed by atoms with van der Waals surface area (Å²) in [5.41, 5.74) is 2.25. The zero-order valence-electron chi connectivity index (χ0n) is 17.4. The number of benzene rings is 1. The van der Waals surface area contributed by atoms with Crippen LogP contribution in [-0.2, 0) is 13.2 Å². The van der Waals surface area contributed by atoms with Gasteiger partial charge in [0.05, 0.1) is 7.11 Å². The van der Waals surface area contributed by atoms with E-state index in [0.29, 0.717) is 12.6 Å². The number of pyridine rings is 1. The van der Waals surface area contributed by atoms with Crippen molar-refractivity contribution in [3.8, 4) is 11.5 Å². The fourth-order valence-corrected chi connectivity index (χ4v) is 3.74. The maximum absolute atomic E-state index is 5.99. The number of hydrogen-bond donors (Lipinski definition) is 1. The highest BCUT2D eigenvalue weighted by Crippen LogP contribution is 2.29. The van der Waals surface area contributed by atoms with Gasteiger partial charge in [0.2, 0.25) is 0 Å². The molecule has 5 heteroatoms. The van der Waals surface area contributed by atoms with Crippen molar-refractivity contribution in [3.05, 3.63) is 53.9 Å². The largest absolute Gasteiger partial charge is 0.493 e. The van der Waals surface area contributed by atoms with Crippen LogP contribution in [0.4, 0.5) is 0 Å². The number of piperidine rings is 1. The molecule has 1 N–H and O–H groups in total. The van der Waals surface area contributed by atoms with Gasteiger partial charge in [0.15, 0.2) is 11.5 Å². The van der Waals surface area contributed by atoms with E-state index in [1.807, 2.05) is 24.4 Å². The Morgan fingerprint density at radius 3 is 2.86 bits per heavy atom. The lowest BCUT2D eigenvalue weighted by atomic mass is 9.97. The molecule has 0 bridgehead atoms. The molecule has 0 amide bonds. The normalized spacial score (nSPS) is 17.6. The molecule has 2 heterocycles. The van der Waals surface area contributed by atoms with Gasteiger partial charge in [-0.3, -0.25) is 4.98 Å². The summed E-state index contributed by atoms with van der Waals surface area (Å²) in [6.45, 7) is 9.40. The molecule has 3 rings (SSSR count). The van der Waals surface area contributed by atoms with E-state index in [1.165, 1.54) is 31.5 Å². The van der Waals surface area contributed by atoms with Gasteiger partial charge >= 0.3 is 0 Å². The average Bonchev–Trinajstić information content (AvgIpc) is 2.73. The Morgan fingerprint density at radius 2 is 2.11 bits per heavy atom. The molecule has 1 unspecified atom stereocenters. The Kier molecular flexibility index (Phi) is 7.69. The molecule has 0 spiro atoms. The lowest BCUT2D eigenvalue weighted by molar-refractivity contribution is 0.138. The number of methoxy groups -OCH3 is 1. The maximum Gasteiger partial charge on any atom is 0.161 e. The summed E-state index contributed by atoms with van der Waals surface area (Å²) in [5, 5.41) is 3.64. The Balaban J connectivity index is 1.52. The highest BCUT2D eigenvalue weighted by molar-refractivity contribution is 5.43. The van der Waals surface area contributed by atoms with Crippen LogP contribution < -0.4 is 14.8 Å². The molecule has 1 aromatic heterocycles. The standard InChI is InChI=1S/C23H33N3O2/c1-18(2)26-11-5-7-20(16-26)14-25-13-19-8-9-22(27-3)23(12-19)28-17-21-6-4-10-24-15-21/h4,6,8-10,12,15,18,20,25H,5,7,11,13-14,16-17H2,1-3H3. The summed E-state index contributed by atoms with van der Waals surface area (Å²) in [7, 11) is 1.67. The zero-order valence-corrected chi connectivity index (χ0v) is 17.4. The first kappa shape index (κ1) is 20.6. The minimum atomic E-state index is 0.480. The van der Waals surface area contributed by atoms with Gasteiger partial charge in [0.25, 0.3) is 0 Å². The van der Waals surface area contributed by atoms with Crippen LogP contribution in [0.25, 0.3) is 0 Å². The van der Waals surface area contributed by atoms with E-state index in [4.69, 9.17) is 9.47 Å². The summed E-state index contributed by atoms with van der Waals surface area (Å²) >= 11 is 0. The van der Waals surface area contributed by atoms with Crippen molar-refractivity contribution in [3.63, 3.8) is 0 Å². The van der Waals surface area contributed by atoms with Crippen LogP contribution in [0.15, 0.2) is 42.7 Å². The monoisotopic (exact) mass is 383 g/mol. The number of nitrogens with one attached hydrogen (secondary N) is 1. The Bertz CT molecular complexity index is 721. The van der Waals surface area contributed by atoms with Crippen molar-refractivity contribution >= 4 is 0 Å². The van der Waals surface area contributed by atoms with Crippen LogP contribution in [0.2, 0.25) is 0 Å². The Hall–Kier alpha value is -2.11. The third-order valence-corrected chi connectivity index (χ3v) is 5.39. The second-order valence-corrected chi connectivity index (χ2v) is 7.86. The van der Waals surface area contributed by atoms with Crippen molar-refractivity contribution in [2.24, 2.45) is 5.92 Å². The summed E-state index contributed by atoms with van der Waals surface area (Å²) in [6, 6.07) is 10.7. The smallest absolute Gasteiger partial charge is 0.161 e. The quantitative estimate of drug-likeness (QED) is 0.712. The number of aromatic nitrogens is 1. The fourth-order valence-electron chi connectivity index (χ4n) is 3.74. The number of likely N-dealkylation sites (tertiary alicyclic amines) is 1. The topological polar surface area (TPSA) is 46.6 Å². The highest BCUT2D eigenvalue weighted by Gasteiger charge is 2.21. The van der Waals surface area contributed by atoms with Crippen molar-refractivity contribution in [1.82, 2.24) is 15.2 Å². The number of nitrogens with zero attached hydrogens (tertiary/aromatic N) is 2. The van der Waals surface area contributed by atoms with Crippen molar-refractivity contribution in [1.29, 1.82) is 0 Å². The minimum Gasteiger partial charge on any atom is -0.493 e. The van der Waals surface area contributed by atoms with Gasteiger partial charge in [-0.2, -0.15) is 0 Å². The van der Waals surface area contributed by atoms with E-state index in [0.717, 1.165) is 36.1 Å². The number of hydrogen-bond acceptors (Lipinski definition) is 5. The maximum atomic E-state index is 5.99. The molecule has 0 radical (unpaired) electrons. The Morgan fingerprint density at radius 1 is 1.21 bits per heavy atom. The fraction of sp³-hybridized carbons (Fsp3) is 0.522. The first-order chi connectivity index (χ1) is 13.7. The van der Waals surface area contributed by atoms with Crippen LogP contribution in [0.5, 0.6) is 11.5 Å². The van der Waals surface area contributed by atoms with Gasteiger partial charge in [-0.1, -0.05) is 12.1 Å². The van der Waals surface area contributed by atoms with E-state index < -0.39 is 0 Å². The predicted octanol–water partition coefficient (Wildman–Crippen LogP) is 3.88. The molecule has 2 aromatic rings. The van der Waals surface area contributed by atoms with Crippen LogP contribution in [-0.4, -0.2) is 42.7 Å². The first-order valence-electron chi connectivity index (χ1n) is 10.3. The SMILES string of the molecule is COc1ccc(CNCC2CCCN(C(C)C)C2)cc1OCc1cccnc1. The lowest BCUT2D eigenvalue weighted by Gasteiger charge is -2.35. The molecule has 28 heavy (non-hydrogen) atoms. The van der Waals surface area contributed by atoms with Crippen LogP contribution >= 0.6 is 0 Å². The molecule has 1 aliphatic rings. The molecule has 1 aliphatic heterocycles. The molecule has 1 atom stereocenters. The second kappa shape index (κ2) is 10.4. The van der Waals surface area contributed by atoms with E-state index in [9.17, 15) is 0 Å². The van der Waals surface area contributed by atoms with Crippen molar-refractivity contribution < 1.29 is 9.47 Å². The minimum absolute atomic E-state index is 0.480. The van der Waals surface area contributed by atoms with Gasteiger partial charge in [-0.25, -0.2) is 0 Å². The summed E-state index contributed by atoms with van der Waals surface area (Å²) < 4.78 is 11.4. The van der Waals surface area contributed by atoms with Gasteiger partial charge in [-0.15, -0.1) is 0 Å². The van der Waals surface area contributed by atoms with Crippen molar-refractivity contribution in [2.45, 2.75) is 45.9 Å². The molecule has 5 nitrogen and oxygen atoms in total. The summed E-state index contributed by atoms with van der Waals surface area (Å²) in [5.74, 6) is 2.26. The molecule has 1 saturated heterocycles. The van der Waals surface area contributed by atoms with Crippen molar-refractivity contribution in [2.75, 3.05) is 26.7 Å². The zero-order chi connectivity index (χ0) is 19.8.